The lowest BCUT2D eigenvalue weighted by molar-refractivity contribution is 0.179. The fourth-order valence-corrected chi connectivity index (χ4v) is 2.77. The van der Waals surface area contributed by atoms with Crippen molar-refractivity contribution >= 4 is 6.03 Å². The van der Waals surface area contributed by atoms with E-state index in [1.54, 1.807) is 10.9 Å². The molecular formula is C14H20N6O2. The summed E-state index contributed by atoms with van der Waals surface area (Å²) in [5, 5.41) is 11.0. The van der Waals surface area contributed by atoms with Gasteiger partial charge in [-0.05, 0) is 19.8 Å². The third-order valence-corrected chi connectivity index (χ3v) is 4.05. The predicted molar refractivity (Wildman–Crippen MR) is 78.0 cm³/mol. The Morgan fingerprint density at radius 3 is 2.95 bits per heavy atom. The van der Waals surface area contributed by atoms with Crippen molar-refractivity contribution in [3.63, 3.8) is 0 Å². The van der Waals surface area contributed by atoms with E-state index >= 15 is 0 Å². The quantitative estimate of drug-likeness (QED) is 0.921. The number of rotatable bonds is 4. The second-order valence-electron chi connectivity index (χ2n) is 5.34. The van der Waals surface area contributed by atoms with Crippen molar-refractivity contribution in [1.82, 2.24) is 30.1 Å². The minimum Gasteiger partial charge on any atom is -0.365 e. The average molecular weight is 304 g/mol. The first-order valence-electron chi connectivity index (χ1n) is 7.57. The van der Waals surface area contributed by atoms with Gasteiger partial charge in [0, 0.05) is 31.6 Å². The first-order chi connectivity index (χ1) is 10.8. The molecule has 0 bridgehead atoms. The van der Waals surface area contributed by atoms with Crippen molar-refractivity contribution < 1.29 is 9.32 Å². The highest BCUT2D eigenvalue weighted by molar-refractivity contribution is 5.74. The summed E-state index contributed by atoms with van der Waals surface area (Å²) < 4.78 is 6.66. The number of hydrogen-bond acceptors (Lipinski definition) is 5. The Labute approximate surface area is 128 Å². The second kappa shape index (κ2) is 6.59. The van der Waals surface area contributed by atoms with Crippen LogP contribution in [0.2, 0.25) is 0 Å². The molecule has 0 aliphatic carbocycles. The molecule has 1 fully saturated rings. The Bertz CT molecular complexity index is 601. The van der Waals surface area contributed by atoms with Crippen molar-refractivity contribution in [1.29, 1.82) is 0 Å². The monoisotopic (exact) mass is 304 g/mol. The number of hydrogen-bond donors (Lipinski definition) is 1. The van der Waals surface area contributed by atoms with Gasteiger partial charge in [-0.3, -0.25) is 0 Å². The van der Waals surface area contributed by atoms with Gasteiger partial charge in [-0.15, -0.1) is 0 Å². The van der Waals surface area contributed by atoms with Crippen LogP contribution in [0.3, 0.4) is 0 Å². The van der Waals surface area contributed by atoms with Gasteiger partial charge in [0.25, 0.3) is 0 Å². The third-order valence-electron chi connectivity index (χ3n) is 4.05. The summed E-state index contributed by atoms with van der Waals surface area (Å²) in [5.41, 5.74) is 0.983. The van der Waals surface area contributed by atoms with Crippen molar-refractivity contribution in [3.8, 4) is 0 Å². The average Bonchev–Trinajstić information content (AvgIpc) is 3.24. The summed E-state index contributed by atoms with van der Waals surface area (Å²) in [7, 11) is 0. The number of nitrogens with zero attached hydrogens (tertiary/aromatic N) is 5. The minimum absolute atomic E-state index is 0.0516. The summed E-state index contributed by atoms with van der Waals surface area (Å²) in [4.78, 5) is 18.2. The lowest BCUT2D eigenvalue weighted by Crippen LogP contribution is -2.44. The van der Waals surface area contributed by atoms with Crippen molar-refractivity contribution in [2.24, 2.45) is 0 Å². The molecule has 0 saturated carbocycles. The maximum Gasteiger partial charge on any atom is 0.317 e. The second-order valence-corrected chi connectivity index (χ2v) is 5.34. The van der Waals surface area contributed by atoms with Gasteiger partial charge in [0.15, 0.2) is 0 Å². The molecule has 2 aromatic rings. The zero-order valence-corrected chi connectivity index (χ0v) is 12.6. The Hall–Kier alpha value is -2.38. The number of aryl methyl sites for hydroxylation is 1. The molecule has 1 aliphatic rings. The largest absolute Gasteiger partial charge is 0.365 e. The number of urea groups is 1. The molecule has 8 nitrogen and oxygen atoms in total. The van der Waals surface area contributed by atoms with Gasteiger partial charge < -0.3 is 14.7 Å². The number of nitrogens with one attached hydrogen (secondary N) is 1. The summed E-state index contributed by atoms with van der Waals surface area (Å²) in [6.07, 6.45) is 4.92. The topological polar surface area (TPSA) is 89.1 Å². The van der Waals surface area contributed by atoms with Gasteiger partial charge >= 0.3 is 6.03 Å². The van der Waals surface area contributed by atoms with Crippen LogP contribution < -0.4 is 5.32 Å². The van der Waals surface area contributed by atoms with Gasteiger partial charge in [0.1, 0.15) is 18.4 Å². The van der Waals surface area contributed by atoms with Gasteiger partial charge in [-0.25, -0.2) is 14.5 Å². The Balaban J connectivity index is 1.48. The van der Waals surface area contributed by atoms with Crippen LogP contribution in [0.25, 0.3) is 0 Å². The molecule has 0 spiro atoms. The molecule has 22 heavy (non-hydrogen) atoms. The van der Waals surface area contributed by atoms with E-state index < -0.39 is 0 Å². The summed E-state index contributed by atoms with van der Waals surface area (Å²) in [5.74, 6) is 1.15. The smallest absolute Gasteiger partial charge is 0.317 e. The highest BCUT2D eigenvalue weighted by atomic mass is 16.5. The molecule has 8 heteroatoms. The van der Waals surface area contributed by atoms with Crippen LogP contribution in [-0.4, -0.2) is 43.9 Å². The molecule has 3 rings (SSSR count). The molecular weight excluding hydrogens is 284 g/mol. The Kier molecular flexibility index (Phi) is 4.36. The van der Waals surface area contributed by atoms with E-state index in [9.17, 15) is 4.79 Å². The fourth-order valence-electron chi connectivity index (χ4n) is 2.77. The minimum atomic E-state index is -0.0516. The fraction of sp³-hybridized carbons (Fsp3) is 0.571. The molecule has 3 heterocycles. The standard InChI is InChI=1S/C14H20N6O2/c1-2-20-13(16-10-17-20)9-15-14(21)19-6-3-11(4-7-19)12-5-8-22-18-12/h5,8,10-11H,2-4,6-7,9H2,1H3,(H,15,21). The number of carbonyl (C=O) groups excluding carboxylic acids is 1. The molecule has 0 radical (unpaired) electrons. The first kappa shape index (κ1) is 14.6. The van der Waals surface area contributed by atoms with E-state index in [1.165, 1.54) is 6.33 Å². The molecule has 118 valence electrons. The van der Waals surface area contributed by atoms with Crippen LogP contribution in [0.1, 0.15) is 37.2 Å². The van der Waals surface area contributed by atoms with Crippen LogP contribution in [0, 0.1) is 0 Å². The Morgan fingerprint density at radius 1 is 1.45 bits per heavy atom. The Morgan fingerprint density at radius 2 is 2.27 bits per heavy atom. The lowest BCUT2D eigenvalue weighted by Gasteiger charge is -2.31. The van der Waals surface area contributed by atoms with E-state index in [1.807, 2.05) is 17.9 Å². The molecule has 1 N–H and O–H groups in total. The van der Waals surface area contributed by atoms with Crippen molar-refractivity contribution in [3.05, 3.63) is 30.2 Å². The number of piperidine rings is 1. The maximum atomic E-state index is 12.2. The van der Waals surface area contributed by atoms with Gasteiger partial charge in [-0.1, -0.05) is 5.16 Å². The number of likely N-dealkylation sites (tertiary alicyclic amines) is 1. The third kappa shape index (κ3) is 3.10. The van der Waals surface area contributed by atoms with E-state index in [2.05, 4.69) is 20.6 Å². The maximum absolute atomic E-state index is 12.2. The lowest BCUT2D eigenvalue weighted by atomic mass is 9.94. The molecule has 0 unspecified atom stereocenters. The summed E-state index contributed by atoms with van der Waals surface area (Å²) >= 11 is 0. The van der Waals surface area contributed by atoms with Crippen LogP contribution in [-0.2, 0) is 13.1 Å². The van der Waals surface area contributed by atoms with Gasteiger partial charge in [0.05, 0.1) is 12.2 Å². The zero-order chi connectivity index (χ0) is 15.4. The van der Waals surface area contributed by atoms with Crippen LogP contribution in [0.4, 0.5) is 4.79 Å². The highest BCUT2D eigenvalue weighted by Crippen LogP contribution is 2.26. The molecule has 0 atom stereocenters. The van der Waals surface area contributed by atoms with E-state index in [0.29, 0.717) is 12.5 Å². The van der Waals surface area contributed by atoms with Gasteiger partial charge in [0.2, 0.25) is 0 Å². The normalized spacial score (nSPS) is 16.0. The molecule has 1 saturated heterocycles. The molecule has 2 aromatic heterocycles. The van der Waals surface area contributed by atoms with E-state index in [-0.39, 0.29) is 6.03 Å². The van der Waals surface area contributed by atoms with E-state index in [4.69, 9.17) is 4.52 Å². The molecule has 0 aromatic carbocycles. The first-order valence-corrected chi connectivity index (χ1v) is 7.57. The predicted octanol–water partition coefficient (Wildman–Crippen LogP) is 1.38. The summed E-state index contributed by atoms with van der Waals surface area (Å²) in [6, 6.07) is 1.85. The van der Waals surface area contributed by atoms with Crippen molar-refractivity contribution in [2.75, 3.05) is 13.1 Å². The SMILES string of the molecule is CCn1ncnc1CNC(=O)N1CCC(c2ccon2)CC1. The van der Waals surface area contributed by atoms with Gasteiger partial charge in [-0.2, -0.15) is 5.10 Å². The van der Waals surface area contributed by atoms with Crippen molar-refractivity contribution in [2.45, 2.75) is 38.8 Å². The molecule has 2 amide bonds. The number of amides is 2. The van der Waals surface area contributed by atoms with Crippen LogP contribution in [0.5, 0.6) is 0 Å². The van der Waals surface area contributed by atoms with Crippen LogP contribution >= 0.6 is 0 Å². The molecule has 1 aliphatic heterocycles. The highest BCUT2D eigenvalue weighted by Gasteiger charge is 2.25. The van der Waals surface area contributed by atoms with E-state index in [0.717, 1.165) is 44.0 Å². The van der Waals surface area contributed by atoms with Crippen LogP contribution in [0.15, 0.2) is 23.2 Å². The zero-order valence-electron chi connectivity index (χ0n) is 12.6. The number of carbonyl (C=O) groups is 1. The summed E-state index contributed by atoms with van der Waals surface area (Å²) in [6.45, 7) is 4.59. The number of aromatic nitrogens is 4.